The normalized spacial score (nSPS) is 11.4. The molecule has 0 amide bonds. The van der Waals surface area contributed by atoms with Crippen molar-refractivity contribution in [3.8, 4) is 10.7 Å². The zero-order valence-electron chi connectivity index (χ0n) is 12.6. The molecule has 0 saturated heterocycles. The van der Waals surface area contributed by atoms with Gasteiger partial charge in [-0.1, -0.05) is 11.2 Å². The van der Waals surface area contributed by atoms with Crippen LogP contribution < -0.4 is 5.76 Å². The van der Waals surface area contributed by atoms with Crippen molar-refractivity contribution >= 4 is 17.1 Å². The quantitative estimate of drug-likeness (QED) is 0.577. The highest BCUT2D eigenvalue weighted by Gasteiger charge is 2.16. The molecule has 0 saturated carbocycles. The Morgan fingerprint density at radius 3 is 2.96 bits per heavy atom. The molecule has 0 bridgehead atoms. The Bertz CT molecular complexity index is 1040. The lowest BCUT2D eigenvalue weighted by molar-refractivity contribution is 0.378. The van der Waals surface area contributed by atoms with Gasteiger partial charge < -0.3 is 0 Å². The summed E-state index contributed by atoms with van der Waals surface area (Å²) in [6.07, 6.45) is 1.88. The number of hydrogen-bond acceptors (Lipinski definition) is 6. The van der Waals surface area contributed by atoms with Gasteiger partial charge >= 0.3 is 5.76 Å². The number of fused-ring (bicyclic) bond motifs is 1. The highest BCUT2D eigenvalue weighted by molar-refractivity contribution is 7.13. The van der Waals surface area contributed by atoms with Crippen molar-refractivity contribution in [3.63, 3.8) is 0 Å². The average molecular weight is 327 g/mol. The molecular weight excluding hydrogens is 314 g/mol. The molecule has 0 unspecified atom stereocenters. The zero-order chi connectivity index (χ0) is 16.0. The van der Waals surface area contributed by atoms with Crippen molar-refractivity contribution in [2.24, 2.45) is 0 Å². The van der Waals surface area contributed by atoms with Gasteiger partial charge in [0.05, 0.1) is 17.1 Å². The molecule has 0 spiro atoms. The van der Waals surface area contributed by atoms with Gasteiger partial charge in [0.25, 0.3) is 0 Å². The Kier molecular flexibility index (Phi) is 3.12. The van der Waals surface area contributed by atoms with Crippen LogP contribution in [0.5, 0.6) is 0 Å². The topological polar surface area (TPSA) is 78.2 Å². The fourth-order valence-corrected chi connectivity index (χ4v) is 3.26. The maximum Gasteiger partial charge on any atom is 0.442 e. The third kappa shape index (κ3) is 2.36. The van der Waals surface area contributed by atoms with Crippen LogP contribution in [0.2, 0.25) is 0 Å². The van der Waals surface area contributed by atoms with E-state index in [0.717, 1.165) is 22.0 Å². The van der Waals surface area contributed by atoms with E-state index < -0.39 is 5.76 Å². The number of nitrogens with zero attached hydrogens (tertiary/aromatic N) is 5. The van der Waals surface area contributed by atoms with Crippen LogP contribution in [0, 0.1) is 13.8 Å². The summed E-state index contributed by atoms with van der Waals surface area (Å²) in [5.74, 6) is 0.647. The molecule has 0 radical (unpaired) electrons. The number of imidazole rings is 1. The minimum Gasteiger partial charge on any atom is -0.295 e. The van der Waals surface area contributed by atoms with Crippen LogP contribution in [0.15, 0.2) is 39.1 Å². The van der Waals surface area contributed by atoms with Gasteiger partial charge in [0.1, 0.15) is 0 Å². The van der Waals surface area contributed by atoms with E-state index in [9.17, 15) is 4.79 Å². The molecule has 7 nitrogen and oxygen atoms in total. The summed E-state index contributed by atoms with van der Waals surface area (Å²) < 4.78 is 8.21. The summed E-state index contributed by atoms with van der Waals surface area (Å²) in [6.45, 7) is 4.22. The summed E-state index contributed by atoms with van der Waals surface area (Å²) >= 11 is 1.50. The summed E-state index contributed by atoms with van der Waals surface area (Å²) in [6, 6.07) is 5.79. The number of rotatable bonds is 3. The number of aromatic nitrogens is 5. The molecule has 0 N–H and O–H groups in total. The maximum atomic E-state index is 12.0. The highest BCUT2D eigenvalue weighted by Crippen LogP contribution is 2.22. The summed E-state index contributed by atoms with van der Waals surface area (Å²) in [5.41, 5.74) is 2.69. The lowest BCUT2D eigenvalue weighted by Gasteiger charge is -1.99. The maximum absolute atomic E-state index is 12.0. The molecule has 0 fully saturated rings. The molecule has 0 atom stereocenters. The molecule has 0 aliphatic carbocycles. The average Bonchev–Trinajstić information content (AvgIpc) is 3.20. The van der Waals surface area contributed by atoms with Crippen LogP contribution in [0.1, 0.15) is 17.1 Å². The van der Waals surface area contributed by atoms with Gasteiger partial charge in [-0.05, 0) is 31.4 Å². The van der Waals surface area contributed by atoms with Crippen LogP contribution in [0.3, 0.4) is 0 Å². The number of hydrogen-bond donors (Lipinski definition) is 0. The molecule has 116 valence electrons. The van der Waals surface area contributed by atoms with Crippen molar-refractivity contribution in [2.75, 3.05) is 0 Å². The predicted octanol–water partition coefficient (Wildman–Crippen LogP) is 2.27. The van der Waals surface area contributed by atoms with Crippen molar-refractivity contribution in [1.82, 2.24) is 24.1 Å². The molecule has 8 heteroatoms. The fourth-order valence-electron chi connectivity index (χ4n) is 2.55. The van der Waals surface area contributed by atoms with E-state index in [1.165, 1.54) is 15.9 Å². The van der Waals surface area contributed by atoms with Gasteiger partial charge in [-0.25, -0.2) is 19.3 Å². The van der Waals surface area contributed by atoms with E-state index in [0.29, 0.717) is 11.6 Å². The van der Waals surface area contributed by atoms with Gasteiger partial charge in [0.15, 0.2) is 5.82 Å². The Hall–Kier alpha value is -2.74. The van der Waals surface area contributed by atoms with Crippen molar-refractivity contribution in [2.45, 2.75) is 20.4 Å². The molecule has 0 aliphatic heterocycles. The molecular formula is C15H13N5O2S. The number of thiophene rings is 1. The molecule has 4 aromatic rings. The monoisotopic (exact) mass is 327 g/mol. The van der Waals surface area contributed by atoms with Crippen LogP contribution in [0.25, 0.3) is 16.5 Å². The van der Waals surface area contributed by atoms with Gasteiger partial charge in [-0.3, -0.25) is 8.92 Å². The third-order valence-electron chi connectivity index (χ3n) is 3.56. The van der Waals surface area contributed by atoms with Gasteiger partial charge in [0, 0.05) is 17.6 Å². The predicted molar refractivity (Wildman–Crippen MR) is 85.6 cm³/mol. The van der Waals surface area contributed by atoms with Crippen molar-refractivity contribution in [3.05, 3.63) is 57.4 Å². The Morgan fingerprint density at radius 1 is 1.30 bits per heavy atom. The van der Waals surface area contributed by atoms with Gasteiger partial charge in [-0.15, -0.1) is 11.3 Å². The van der Waals surface area contributed by atoms with Gasteiger partial charge in [0.2, 0.25) is 5.78 Å². The van der Waals surface area contributed by atoms with Gasteiger partial charge in [-0.2, -0.15) is 0 Å². The minimum atomic E-state index is -0.494. The first kappa shape index (κ1) is 13.9. The van der Waals surface area contributed by atoms with Crippen LogP contribution in [0.4, 0.5) is 0 Å². The van der Waals surface area contributed by atoms with E-state index in [2.05, 4.69) is 15.1 Å². The zero-order valence-corrected chi connectivity index (χ0v) is 13.4. The fraction of sp³-hybridized carbons (Fsp3) is 0.200. The largest absolute Gasteiger partial charge is 0.442 e. The summed E-state index contributed by atoms with van der Waals surface area (Å²) in [7, 11) is 0. The molecule has 23 heavy (non-hydrogen) atoms. The van der Waals surface area contributed by atoms with Crippen LogP contribution >= 0.6 is 11.3 Å². The Balaban J connectivity index is 1.79. The molecule has 0 aliphatic rings. The van der Waals surface area contributed by atoms with Crippen LogP contribution in [-0.2, 0) is 6.54 Å². The smallest absolute Gasteiger partial charge is 0.295 e. The Morgan fingerprint density at radius 2 is 2.17 bits per heavy atom. The van der Waals surface area contributed by atoms with Crippen molar-refractivity contribution < 1.29 is 4.52 Å². The summed E-state index contributed by atoms with van der Waals surface area (Å²) in [4.78, 5) is 21.8. The van der Waals surface area contributed by atoms with Crippen LogP contribution in [-0.4, -0.2) is 24.1 Å². The molecule has 4 rings (SSSR count). The molecule has 4 aromatic heterocycles. The second kappa shape index (κ2) is 5.17. The SMILES string of the molecule is Cc1cc(C)n2cc(Cn3c(-c4cccs4)noc3=O)nc2n1. The first-order chi connectivity index (χ1) is 11.1. The lowest BCUT2D eigenvalue weighted by Crippen LogP contribution is -2.16. The van der Waals surface area contributed by atoms with E-state index in [1.54, 1.807) is 0 Å². The van der Waals surface area contributed by atoms with E-state index >= 15 is 0 Å². The van der Waals surface area contributed by atoms with E-state index in [-0.39, 0.29) is 6.54 Å². The Labute approximate surface area is 134 Å². The van der Waals surface area contributed by atoms with E-state index in [4.69, 9.17) is 4.52 Å². The highest BCUT2D eigenvalue weighted by atomic mass is 32.1. The van der Waals surface area contributed by atoms with Crippen molar-refractivity contribution in [1.29, 1.82) is 0 Å². The second-order valence-corrected chi connectivity index (χ2v) is 6.22. The standard InChI is InChI=1S/C15H13N5O2S/c1-9-6-10(2)19-7-11(17-14(19)16-9)8-20-13(18-22-15(20)21)12-4-3-5-23-12/h3-7H,8H2,1-2H3. The number of aryl methyl sites for hydroxylation is 2. The second-order valence-electron chi connectivity index (χ2n) is 5.28. The first-order valence-electron chi connectivity index (χ1n) is 7.04. The minimum absolute atomic E-state index is 0.289. The van der Waals surface area contributed by atoms with E-state index in [1.807, 2.05) is 48.0 Å². The lowest BCUT2D eigenvalue weighted by atomic mass is 10.3. The summed E-state index contributed by atoms with van der Waals surface area (Å²) in [5, 5.41) is 5.81. The third-order valence-corrected chi connectivity index (χ3v) is 4.43. The molecule has 4 heterocycles. The first-order valence-corrected chi connectivity index (χ1v) is 7.92. The molecule has 0 aromatic carbocycles.